The minimum atomic E-state index is -0.852. The number of nitrogens with two attached hydrogens (primary N) is 1. The summed E-state index contributed by atoms with van der Waals surface area (Å²) in [5.74, 6) is 3.34. The van der Waals surface area contributed by atoms with Crippen molar-refractivity contribution >= 4 is 15.9 Å². The summed E-state index contributed by atoms with van der Waals surface area (Å²) in [4.78, 5) is 4.61. The fraction of sp³-hybridized carbons (Fsp3) is 0.400. The van der Waals surface area contributed by atoms with Crippen molar-refractivity contribution in [3.63, 3.8) is 0 Å². The first kappa shape index (κ1) is 11.0. The average Bonchev–Trinajstić information content (AvgIpc) is 2.93. The summed E-state index contributed by atoms with van der Waals surface area (Å²) in [6, 6.07) is 2.35. The minimum absolute atomic E-state index is 0.234. The normalized spacial score (nSPS) is 17.9. The fourth-order valence-corrected chi connectivity index (χ4v) is 2.47. The van der Waals surface area contributed by atoms with Crippen LogP contribution in [0.5, 0.6) is 0 Å². The molecular formula is C10H10BrF2NO. The zero-order chi connectivity index (χ0) is 11.1. The van der Waals surface area contributed by atoms with Gasteiger partial charge in [0.05, 0.1) is 6.61 Å². The van der Waals surface area contributed by atoms with Gasteiger partial charge in [0.15, 0.2) is 11.6 Å². The molecule has 0 bridgehead atoms. The van der Waals surface area contributed by atoms with Crippen LogP contribution in [0, 0.1) is 11.6 Å². The van der Waals surface area contributed by atoms with Gasteiger partial charge in [-0.1, -0.05) is 15.9 Å². The third-order valence-electron chi connectivity index (χ3n) is 2.79. The van der Waals surface area contributed by atoms with Crippen LogP contribution < -0.4 is 5.90 Å². The third kappa shape index (κ3) is 1.91. The van der Waals surface area contributed by atoms with E-state index in [9.17, 15) is 8.78 Å². The SMILES string of the molecule is NOCC1(c2cc(F)c(F)cc2Br)CC1. The summed E-state index contributed by atoms with van der Waals surface area (Å²) in [7, 11) is 0. The van der Waals surface area contributed by atoms with E-state index in [0.717, 1.165) is 24.5 Å². The van der Waals surface area contributed by atoms with Crippen LogP contribution in [0.3, 0.4) is 0 Å². The smallest absolute Gasteiger partial charge is 0.159 e. The molecule has 1 aromatic rings. The molecule has 1 aliphatic carbocycles. The number of hydrogen-bond acceptors (Lipinski definition) is 2. The highest BCUT2D eigenvalue weighted by atomic mass is 79.9. The lowest BCUT2D eigenvalue weighted by Gasteiger charge is -2.16. The van der Waals surface area contributed by atoms with Crippen molar-refractivity contribution in [2.45, 2.75) is 18.3 Å². The molecule has 2 N–H and O–H groups in total. The van der Waals surface area contributed by atoms with Gasteiger partial charge in [-0.05, 0) is 30.5 Å². The molecule has 0 unspecified atom stereocenters. The second-order valence-corrected chi connectivity index (χ2v) is 4.69. The highest BCUT2D eigenvalue weighted by molar-refractivity contribution is 9.10. The lowest BCUT2D eigenvalue weighted by Crippen LogP contribution is -2.19. The third-order valence-corrected chi connectivity index (χ3v) is 3.45. The van der Waals surface area contributed by atoms with Gasteiger partial charge >= 0.3 is 0 Å². The van der Waals surface area contributed by atoms with Gasteiger partial charge in [-0.15, -0.1) is 0 Å². The van der Waals surface area contributed by atoms with Gasteiger partial charge in [0.2, 0.25) is 0 Å². The fourth-order valence-electron chi connectivity index (χ4n) is 1.73. The molecule has 82 valence electrons. The van der Waals surface area contributed by atoms with E-state index in [1.54, 1.807) is 0 Å². The quantitative estimate of drug-likeness (QED) is 0.681. The van der Waals surface area contributed by atoms with Crippen LogP contribution in [-0.2, 0) is 10.3 Å². The molecule has 15 heavy (non-hydrogen) atoms. The Kier molecular flexibility index (Phi) is 2.79. The zero-order valence-corrected chi connectivity index (χ0v) is 9.48. The molecule has 1 aromatic carbocycles. The standard InChI is InChI=1S/C10H10BrF2NO/c11-7-4-9(13)8(12)3-6(7)10(1-2-10)5-15-14/h3-4H,1-2,5,14H2. The number of halogens is 3. The molecule has 5 heteroatoms. The molecule has 2 nitrogen and oxygen atoms in total. The van der Waals surface area contributed by atoms with Crippen molar-refractivity contribution in [3.05, 3.63) is 33.8 Å². The Bertz CT molecular complexity index is 393. The molecule has 1 saturated carbocycles. The molecule has 0 radical (unpaired) electrons. The monoisotopic (exact) mass is 277 g/mol. The number of rotatable bonds is 3. The Morgan fingerprint density at radius 1 is 1.33 bits per heavy atom. The van der Waals surface area contributed by atoms with Gasteiger partial charge in [0.1, 0.15) is 0 Å². The maximum atomic E-state index is 13.1. The van der Waals surface area contributed by atoms with E-state index < -0.39 is 11.6 Å². The first-order chi connectivity index (χ1) is 7.09. The topological polar surface area (TPSA) is 35.2 Å². The summed E-state index contributed by atoms with van der Waals surface area (Å²) in [6.45, 7) is 0.330. The second-order valence-electron chi connectivity index (χ2n) is 3.84. The maximum Gasteiger partial charge on any atom is 0.159 e. The van der Waals surface area contributed by atoms with E-state index in [0.29, 0.717) is 11.1 Å². The lowest BCUT2D eigenvalue weighted by molar-refractivity contribution is 0.116. The molecule has 0 amide bonds. The molecule has 0 atom stereocenters. The Hall–Kier alpha value is -0.520. The second kappa shape index (κ2) is 3.81. The van der Waals surface area contributed by atoms with Gasteiger partial charge in [0, 0.05) is 9.89 Å². The highest BCUT2D eigenvalue weighted by Crippen LogP contribution is 2.50. The predicted molar refractivity (Wildman–Crippen MR) is 55.1 cm³/mol. The van der Waals surface area contributed by atoms with Gasteiger partial charge in [-0.2, -0.15) is 0 Å². The Morgan fingerprint density at radius 3 is 2.47 bits per heavy atom. The summed E-state index contributed by atoms with van der Waals surface area (Å²) in [5.41, 5.74) is 0.495. The number of hydrogen-bond donors (Lipinski definition) is 1. The Balaban J connectivity index is 2.40. The van der Waals surface area contributed by atoms with Crippen LogP contribution >= 0.6 is 15.9 Å². The average molecular weight is 278 g/mol. The minimum Gasteiger partial charge on any atom is -0.304 e. The summed E-state index contributed by atoms with van der Waals surface area (Å²) in [5, 5.41) is 0. The molecule has 0 saturated heterocycles. The van der Waals surface area contributed by atoms with Crippen molar-refractivity contribution in [2.75, 3.05) is 6.61 Å². The number of benzene rings is 1. The van der Waals surface area contributed by atoms with Crippen LogP contribution in [0.1, 0.15) is 18.4 Å². The predicted octanol–water partition coefficient (Wildman–Crippen LogP) is 2.65. The van der Waals surface area contributed by atoms with E-state index in [-0.39, 0.29) is 5.41 Å². The highest BCUT2D eigenvalue weighted by Gasteiger charge is 2.46. The molecule has 0 aliphatic heterocycles. The molecule has 2 rings (SSSR count). The van der Waals surface area contributed by atoms with Gasteiger partial charge < -0.3 is 4.84 Å². The van der Waals surface area contributed by atoms with E-state index >= 15 is 0 Å². The van der Waals surface area contributed by atoms with Crippen LogP contribution in [0.4, 0.5) is 8.78 Å². The first-order valence-corrected chi connectivity index (χ1v) is 5.35. The summed E-state index contributed by atoms with van der Waals surface area (Å²) < 4.78 is 26.5. The summed E-state index contributed by atoms with van der Waals surface area (Å²) >= 11 is 3.22. The van der Waals surface area contributed by atoms with Gasteiger partial charge in [0.25, 0.3) is 0 Å². The van der Waals surface area contributed by atoms with Crippen molar-refractivity contribution < 1.29 is 13.6 Å². The molecule has 1 aliphatic rings. The van der Waals surface area contributed by atoms with Crippen molar-refractivity contribution in [1.82, 2.24) is 0 Å². The van der Waals surface area contributed by atoms with E-state index in [1.807, 2.05) is 0 Å². The van der Waals surface area contributed by atoms with Crippen LogP contribution in [-0.4, -0.2) is 6.61 Å². The molecule has 1 fully saturated rings. The van der Waals surface area contributed by atoms with E-state index in [1.165, 1.54) is 6.07 Å². The molecule has 0 aromatic heterocycles. The lowest BCUT2D eigenvalue weighted by atomic mass is 9.97. The van der Waals surface area contributed by atoms with E-state index in [2.05, 4.69) is 20.8 Å². The van der Waals surface area contributed by atoms with E-state index in [4.69, 9.17) is 5.90 Å². The summed E-state index contributed by atoms with van der Waals surface area (Å²) in [6.07, 6.45) is 1.77. The van der Waals surface area contributed by atoms with Crippen LogP contribution in [0.25, 0.3) is 0 Å². The van der Waals surface area contributed by atoms with Gasteiger partial charge in [-0.25, -0.2) is 14.7 Å². The molecular weight excluding hydrogens is 268 g/mol. The Morgan fingerprint density at radius 2 is 1.93 bits per heavy atom. The maximum absolute atomic E-state index is 13.1. The zero-order valence-electron chi connectivity index (χ0n) is 7.90. The first-order valence-electron chi connectivity index (χ1n) is 4.56. The molecule has 0 spiro atoms. The van der Waals surface area contributed by atoms with Crippen LogP contribution in [0.15, 0.2) is 16.6 Å². The van der Waals surface area contributed by atoms with Gasteiger partial charge in [-0.3, -0.25) is 0 Å². The van der Waals surface area contributed by atoms with Crippen molar-refractivity contribution in [1.29, 1.82) is 0 Å². The van der Waals surface area contributed by atoms with Crippen molar-refractivity contribution in [3.8, 4) is 0 Å². The molecule has 0 heterocycles. The largest absolute Gasteiger partial charge is 0.304 e. The van der Waals surface area contributed by atoms with Crippen LogP contribution in [0.2, 0.25) is 0 Å². The van der Waals surface area contributed by atoms with Crippen molar-refractivity contribution in [2.24, 2.45) is 5.90 Å². The Labute approximate surface area is 94.5 Å².